The Morgan fingerprint density at radius 2 is 1.90 bits per heavy atom. The van der Waals surface area contributed by atoms with Crippen molar-refractivity contribution >= 4 is 11.9 Å². The van der Waals surface area contributed by atoms with E-state index in [0.29, 0.717) is 19.6 Å². The first kappa shape index (κ1) is 16.7. The average Bonchev–Trinajstić information content (AvgIpc) is 2.47. The number of hydrogen-bond donors (Lipinski definition) is 0. The van der Waals surface area contributed by atoms with Crippen LogP contribution in [0.1, 0.15) is 52.4 Å². The van der Waals surface area contributed by atoms with Crippen molar-refractivity contribution in [3.63, 3.8) is 0 Å². The van der Waals surface area contributed by atoms with Crippen LogP contribution in [-0.4, -0.2) is 25.2 Å². The lowest BCUT2D eigenvalue weighted by Crippen LogP contribution is -2.33. The number of hydrogen-bond acceptors (Lipinski definition) is 4. The molecular weight excluding hydrogens is 256 g/mol. The highest BCUT2D eigenvalue weighted by atomic mass is 16.5. The van der Waals surface area contributed by atoms with Crippen molar-refractivity contribution in [1.29, 1.82) is 0 Å². The molecule has 4 heteroatoms. The molecular formula is C16H26O4. The van der Waals surface area contributed by atoms with E-state index in [1.807, 2.05) is 6.08 Å². The van der Waals surface area contributed by atoms with Crippen molar-refractivity contribution in [3.8, 4) is 0 Å². The fourth-order valence-electron chi connectivity index (χ4n) is 2.39. The highest BCUT2D eigenvalue weighted by Gasteiger charge is 2.35. The summed E-state index contributed by atoms with van der Waals surface area (Å²) in [5.41, 5.74) is 0. The van der Waals surface area contributed by atoms with Crippen LogP contribution < -0.4 is 0 Å². The standard InChI is InChI=1S/C16H26O4/c1-3-5-6-9-12-20-16(18)14-11-8-7-10-13(14)15(17)19-4-2/h7,10,13-14H,3-6,8-9,11-12H2,1-2H3. The van der Waals surface area contributed by atoms with Crippen molar-refractivity contribution in [2.45, 2.75) is 52.4 Å². The van der Waals surface area contributed by atoms with Crippen molar-refractivity contribution in [3.05, 3.63) is 12.2 Å². The number of rotatable bonds is 8. The predicted octanol–water partition coefficient (Wildman–Crippen LogP) is 3.26. The van der Waals surface area contributed by atoms with E-state index in [2.05, 4.69) is 6.92 Å². The minimum atomic E-state index is -0.480. The molecule has 1 aliphatic rings. The van der Waals surface area contributed by atoms with Gasteiger partial charge in [-0.25, -0.2) is 0 Å². The summed E-state index contributed by atoms with van der Waals surface area (Å²) in [6.07, 6.45) is 9.49. The minimum Gasteiger partial charge on any atom is -0.466 e. The molecule has 1 rings (SSSR count). The Labute approximate surface area is 121 Å². The van der Waals surface area contributed by atoms with Crippen LogP contribution in [0.15, 0.2) is 12.2 Å². The van der Waals surface area contributed by atoms with Gasteiger partial charge in [-0.1, -0.05) is 38.3 Å². The fraction of sp³-hybridized carbons (Fsp3) is 0.750. The number of esters is 2. The Morgan fingerprint density at radius 1 is 1.10 bits per heavy atom. The smallest absolute Gasteiger partial charge is 0.313 e. The van der Waals surface area contributed by atoms with Gasteiger partial charge >= 0.3 is 11.9 Å². The van der Waals surface area contributed by atoms with Crippen molar-refractivity contribution in [1.82, 2.24) is 0 Å². The lowest BCUT2D eigenvalue weighted by atomic mass is 9.84. The summed E-state index contributed by atoms with van der Waals surface area (Å²) in [7, 11) is 0. The molecule has 0 heterocycles. The first-order valence-electron chi connectivity index (χ1n) is 7.70. The first-order valence-corrected chi connectivity index (χ1v) is 7.70. The fourth-order valence-corrected chi connectivity index (χ4v) is 2.39. The van der Waals surface area contributed by atoms with Crippen molar-refractivity contribution < 1.29 is 19.1 Å². The van der Waals surface area contributed by atoms with Crippen LogP contribution in [0, 0.1) is 11.8 Å². The number of allylic oxidation sites excluding steroid dienone is 1. The van der Waals surface area contributed by atoms with Gasteiger partial charge < -0.3 is 9.47 Å². The number of carbonyl (C=O) groups is 2. The quantitative estimate of drug-likeness (QED) is 0.389. The second-order valence-corrected chi connectivity index (χ2v) is 5.12. The third kappa shape index (κ3) is 5.35. The molecule has 0 amide bonds. The summed E-state index contributed by atoms with van der Waals surface area (Å²) >= 11 is 0. The maximum Gasteiger partial charge on any atom is 0.313 e. The average molecular weight is 282 g/mol. The van der Waals surface area contributed by atoms with Crippen molar-refractivity contribution in [2.75, 3.05) is 13.2 Å². The van der Waals surface area contributed by atoms with Gasteiger partial charge in [-0.05, 0) is 26.2 Å². The molecule has 0 bridgehead atoms. The third-order valence-electron chi connectivity index (χ3n) is 3.52. The molecule has 0 aromatic heterocycles. The maximum absolute atomic E-state index is 12.1. The monoisotopic (exact) mass is 282 g/mol. The molecule has 0 aromatic rings. The van der Waals surface area contributed by atoms with E-state index in [1.165, 1.54) is 0 Å². The number of ether oxygens (including phenoxy) is 2. The van der Waals surface area contributed by atoms with Gasteiger partial charge in [0.05, 0.1) is 25.0 Å². The van der Waals surface area contributed by atoms with Gasteiger partial charge in [-0.15, -0.1) is 0 Å². The zero-order valence-corrected chi connectivity index (χ0v) is 12.6. The summed E-state index contributed by atoms with van der Waals surface area (Å²) in [6, 6.07) is 0. The molecule has 20 heavy (non-hydrogen) atoms. The molecule has 2 atom stereocenters. The Balaban J connectivity index is 2.43. The van der Waals surface area contributed by atoms with E-state index in [-0.39, 0.29) is 17.9 Å². The second kappa shape index (κ2) is 9.56. The minimum absolute atomic E-state index is 0.260. The molecule has 114 valence electrons. The molecule has 4 nitrogen and oxygen atoms in total. The van der Waals surface area contributed by atoms with E-state index in [4.69, 9.17) is 9.47 Å². The van der Waals surface area contributed by atoms with Crippen LogP contribution in [0.2, 0.25) is 0 Å². The second-order valence-electron chi connectivity index (χ2n) is 5.12. The maximum atomic E-state index is 12.1. The van der Waals surface area contributed by atoms with E-state index < -0.39 is 5.92 Å². The zero-order valence-electron chi connectivity index (χ0n) is 12.6. The molecule has 0 spiro atoms. The van der Waals surface area contributed by atoms with Gasteiger partial charge in [-0.3, -0.25) is 9.59 Å². The van der Waals surface area contributed by atoms with E-state index in [0.717, 1.165) is 32.1 Å². The SMILES string of the molecule is CCCCCCOC(=O)C1CCC=CC1C(=O)OCC. The van der Waals surface area contributed by atoms with Crippen LogP contribution in [0.5, 0.6) is 0 Å². The molecule has 1 aliphatic carbocycles. The van der Waals surface area contributed by atoms with Crippen LogP contribution >= 0.6 is 0 Å². The van der Waals surface area contributed by atoms with Gasteiger partial charge in [0, 0.05) is 0 Å². The van der Waals surface area contributed by atoms with Gasteiger partial charge in [0.2, 0.25) is 0 Å². The molecule has 0 radical (unpaired) electrons. The van der Waals surface area contributed by atoms with Gasteiger partial charge in [-0.2, -0.15) is 0 Å². The lowest BCUT2D eigenvalue weighted by molar-refractivity contribution is -0.159. The Kier molecular flexibility index (Phi) is 8.00. The van der Waals surface area contributed by atoms with Crippen LogP contribution in [0.25, 0.3) is 0 Å². The highest BCUT2D eigenvalue weighted by Crippen LogP contribution is 2.27. The van der Waals surface area contributed by atoms with Crippen molar-refractivity contribution in [2.24, 2.45) is 11.8 Å². The predicted molar refractivity (Wildman–Crippen MR) is 77.1 cm³/mol. The van der Waals surface area contributed by atoms with Gasteiger partial charge in [0.25, 0.3) is 0 Å². The summed E-state index contributed by atoms with van der Waals surface area (Å²) in [4.78, 5) is 23.9. The normalized spacial score (nSPS) is 21.5. The molecule has 0 saturated carbocycles. The molecule has 0 saturated heterocycles. The molecule has 0 aliphatic heterocycles. The molecule has 0 aromatic carbocycles. The van der Waals surface area contributed by atoms with E-state index >= 15 is 0 Å². The third-order valence-corrected chi connectivity index (χ3v) is 3.52. The summed E-state index contributed by atoms with van der Waals surface area (Å²) in [5, 5.41) is 0. The lowest BCUT2D eigenvalue weighted by Gasteiger charge is -2.24. The zero-order chi connectivity index (χ0) is 14.8. The Hall–Kier alpha value is -1.32. The van der Waals surface area contributed by atoms with E-state index in [1.54, 1.807) is 13.0 Å². The first-order chi connectivity index (χ1) is 9.70. The van der Waals surface area contributed by atoms with Gasteiger partial charge in [0.1, 0.15) is 0 Å². The van der Waals surface area contributed by atoms with Crippen LogP contribution in [0.4, 0.5) is 0 Å². The number of carbonyl (C=O) groups excluding carboxylic acids is 2. The van der Waals surface area contributed by atoms with Crippen LogP contribution in [0.3, 0.4) is 0 Å². The van der Waals surface area contributed by atoms with Gasteiger partial charge in [0.15, 0.2) is 0 Å². The van der Waals surface area contributed by atoms with Crippen LogP contribution in [-0.2, 0) is 19.1 Å². The summed E-state index contributed by atoms with van der Waals surface area (Å²) in [5.74, 6) is -1.45. The Bertz CT molecular complexity index is 335. The topological polar surface area (TPSA) is 52.6 Å². The molecule has 0 fully saturated rings. The largest absolute Gasteiger partial charge is 0.466 e. The van der Waals surface area contributed by atoms with E-state index in [9.17, 15) is 9.59 Å². The summed E-state index contributed by atoms with van der Waals surface area (Å²) < 4.78 is 10.3. The number of unbranched alkanes of at least 4 members (excludes halogenated alkanes) is 3. The molecule has 2 unspecified atom stereocenters. The molecule has 0 N–H and O–H groups in total. The highest BCUT2D eigenvalue weighted by molar-refractivity contribution is 5.83. The Morgan fingerprint density at radius 3 is 2.60 bits per heavy atom. The summed E-state index contributed by atoms with van der Waals surface area (Å²) in [6.45, 7) is 4.70.